The van der Waals surface area contributed by atoms with Crippen molar-refractivity contribution in [3.8, 4) is 0 Å². The number of rotatable bonds is 6. The summed E-state index contributed by atoms with van der Waals surface area (Å²) in [4.78, 5) is 34.0. The first-order valence-electron chi connectivity index (χ1n) is 14.1. The molecule has 41 heavy (non-hydrogen) atoms. The van der Waals surface area contributed by atoms with E-state index in [9.17, 15) is 9.59 Å². The van der Waals surface area contributed by atoms with Crippen LogP contribution in [0, 0.1) is 0 Å². The van der Waals surface area contributed by atoms with Crippen LogP contribution in [-0.4, -0.2) is 85.4 Å². The monoisotopic (exact) mass is 578 g/mol. The standard InChI is InChI=1S/C15H12N2OS.C10H17N3O.C5H11N.C2H6/c18-10-15-14(6-8-19-15)17-9-11-5-7-16-13-4-2-1-3-12(11)13;1-8-7-11(2)9(14)10(8)12(3)5-6-13(10)4;1-3-4-5-6-2;1-2/h1-8,10,17H,9H2;1,5-7H2,2-4H3;4-6H,3H2,1-2H3;1-2H3/b;;5-4+;. The summed E-state index contributed by atoms with van der Waals surface area (Å²) < 4.78 is 0. The number of aldehydes is 1. The van der Waals surface area contributed by atoms with Gasteiger partial charge in [0.25, 0.3) is 5.91 Å². The fourth-order valence-electron chi connectivity index (χ4n) is 4.96. The highest BCUT2D eigenvalue weighted by atomic mass is 32.1. The fourth-order valence-corrected chi connectivity index (χ4v) is 5.63. The normalized spacial score (nSPS) is 16.1. The topological polar surface area (TPSA) is 80.8 Å². The van der Waals surface area contributed by atoms with Crippen molar-refractivity contribution < 1.29 is 9.59 Å². The van der Waals surface area contributed by atoms with Gasteiger partial charge in [-0.25, -0.2) is 0 Å². The molecule has 0 atom stereocenters. The Labute approximate surface area is 249 Å². The van der Waals surface area contributed by atoms with Gasteiger partial charge in [0.05, 0.1) is 16.1 Å². The van der Waals surface area contributed by atoms with E-state index in [0.717, 1.165) is 52.8 Å². The predicted molar refractivity (Wildman–Crippen MR) is 173 cm³/mol. The molecule has 2 saturated heterocycles. The molecule has 0 radical (unpaired) electrons. The SMILES string of the molecule is C=C1CN(C)C(=O)C12N(C)CCN2C.CC.CC/C=C/NC.O=Cc1sccc1NCc1ccnc2ccccc12. The lowest BCUT2D eigenvalue weighted by Gasteiger charge is -2.35. The molecule has 9 heteroatoms. The molecular formula is C32H46N6O2S. The van der Waals surface area contributed by atoms with E-state index >= 15 is 0 Å². The zero-order valence-corrected chi connectivity index (χ0v) is 26.4. The van der Waals surface area contributed by atoms with Crippen LogP contribution in [-0.2, 0) is 11.3 Å². The Balaban J connectivity index is 0.000000235. The number of hydrogen-bond acceptors (Lipinski definition) is 8. The Morgan fingerprint density at radius 1 is 1.10 bits per heavy atom. The van der Waals surface area contributed by atoms with E-state index in [1.807, 2.05) is 90.1 Å². The average molecular weight is 579 g/mol. The quantitative estimate of drug-likeness (QED) is 0.297. The predicted octanol–water partition coefficient (Wildman–Crippen LogP) is 5.46. The number of pyridine rings is 1. The Kier molecular flexibility index (Phi) is 13.7. The third-order valence-electron chi connectivity index (χ3n) is 6.97. The molecule has 8 nitrogen and oxygen atoms in total. The number of allylic oxidation sites excluding steroid dienone is 1. The molecule has 0 unspecified atom stereocenters. The molecule has 2 fully saturated rings. The minimum atomic E-state index is -0.547. The largest absolute Gasteiger partial charge is 0.394 e. The molecule has 0 aliphatic carbocycles. The molecule has 0 saturated carbocycles. The van der Waals surface area contributed by atoms with Gasteiger partial charge in [-0.2, -0.15) is 0 Å². The van der Waals surface area contributed by atoms with Crippen LogP contribution in [0.1, 0.15) is 42.4 Å². The molecule has 0 bridgehead atoms. The molecule has 1 spiro atoms. The minimum absolute atomic E-state index is 0.157. The number of hydrogen-bond donors (Lipinski definition) is 2. The van der Waals surface area contributed by atoms with Crippen LogP contribution in [0.15, 0.2) is 72.4 Å². The lowest BCUT2D eigenvalue weighted by atomic mass is 10.0. The van der Waals surface area contributed by atoms with E-state index in [1.54, 1.807) is 4.90 Å². The highest BCUT2D eigenvalue weighted by Crippen LogP contribution is 2.37. The van der Waals surface area contributed by atoms with Gasteiger partial charge in [0, 0.05) is 51.9 Å². The zero-order valence-electron chi connectivity index (χ0n) is 25.6. The van der Waals surface area contributed by atoms with Gasteiger partial charge in [0.2, 0.25) is 0 Å². The molecule has 5 rings (SSSR count). The van der Waals surface area contributed by atoms with E-state index < -0.39 is 5.66 Å². The Bertz CT molecular complexity index is 1280. The van der Waals surface area contributed by atoms with Crippen LogP contribution in [0.2, 0.25) is 0 Å². The number of nitrogens with zero attached hydrogens (tertiary/aromatic N) is 4. The van der Waals surface area contributed by atoms with E-state index in [1.165, 1.54) is 16.9 Å². The van der Waals surface area contributed by atoms with Crippen LogP contribution >= 0.6 is 11.3 Å². The number of carbonyl (C=O) groups excluding carboxylic acids is 2. The van der Waals surface area contributed by atoms with Crippen molar-refractivity contribution in [1.29, 1.82) is 0 Å². The maximum atomic E-state index is 12.1. The van der Waals surface area contributed by atoms with Crippen molar-refractivity contribution in [3.63, 3.8) is 0 Å². The van der Waals surface area contributed by atoms with Crippen LogP contribution in [0.4, 0.5) is 5.69 Å². The van der Waals surface area contributed by atoms with Gasteiger partial charge >= 0.3 is 0 Å². The smallest absolute Gasteiger partial charge is 0.262 e. The lowest BCUT2D eigenvalue weighted by molar-refractivity contribution is -0.139. The molecule has 2 N–H and O–H groups in total. The Morgan fingerprint density at radius 3 is 2.34 bits per heavy atom. The molecule has 3 aromatic rings. The number of aromatic nitrogens is 1. The van der Waals surface area contributed by atoms with Crippen LogP contribution in [0.5, 0.6) is 0 Å². The zero-order chi connectivity index (χ0) is 30.4. The summed E-state index contributed by atoms with van der Waals surface area (Å²) in [5.41, 5.74) is 3.50. The molecule has 4 heterocycles. The van der Waals surface area contributed by atoms with Crippen molar-refractivity contribution in [2.75, 3.05) is 53.1 Å². The summed E-state index contributed by atoms with van der Waals surface area (Å²) in [6, 6.07) is 12.0. The van der Waals surface area contributed by atoms with Gasteiger partial charge in [-0.1, -0.05) is 51.6 Å². The van der Waals surface area contributed by atoms with Crippen molar-refractivity contribution in [1.82, 2.24) is 25.0 Å². The second kappa shape index (κ2) is 16.7. The minimum Gasteiger partial charge on any atom is -0.394 e. The number of thiophene rings is 1. The summed E-state index contributed by atoms with van der Waals surface area (Å²) in [6.45, 7) is 13.4. The van der Waals surface area contributed by atoms with Crippen molar-refractivity contribution in [2.24, 2.45) is 0 Å². The molecule has 222 valence electrons. The van der Waals surface area contributed by atoms with Crippen LogP contribution in [0.3, 0.4) is 0 Å². The van der Waals surface area contributed by atoms with E-state index in [0.29, 0.717) is 13.1 Å². The third-order valence-corrected chi connectivity index (χ3v) is 7.81. The maximum absolute atomic E-state index is 12.1. The van der Waals surface area contributed by atoms with Gasteiger partial charge in [0.1, 0.15) is 0 Å². The van der Waals surface area contributed by atoms with Crippen LogP contribution < -0.4 is 10.6 Å². The van der Waals surface area contributed by atoms with E-state index in [4.69, 9.17) is 0 Å². The molecule has 2 aliphatic rings. The van der Waals surface area contributed by atoms with Gasteiger partial charge in [-0.05, 0) is 61.4 Å². The van der Waals surface area contributed by atoms with Gasteiger partial charge in [-0.3, -0.25) is 24.4 Å². The number of likely N-dealkylation sites (N-methyl/N-ethyl adjacent to an activating group) is 3. The van der Waals surface area contributed by atoms with Crippen molar-refractivity contribution in [2.45, 2.75) is 39.4 Å². The maximum Gasteiger partial charge on any atom is 0.262 e. The number of likely N-dealkylation sites (tertiary alicyclic amines) is 1. The molecule has 2 aliphatic heterocycles. The molecular weight excluding hydrogens is 532 g/mol. The first-order valence-corrected chi connectivity index (χ1v) is 15.0. The number of amides is 1. The van der Waals surface area contributed by atoms with Gasteiger partial charge in [-0.15, -0.1) is 11.3 Å². The fraction of sp³-hybridized carbons (Fsp3) is 0.406. The first-order chi connectivity index (χ1) is 19.8. The summed E-state index contributed by atoms with van der Waals surface area (Å²) in [5.74, 6) is 0.157. The summed E-state index contributed by atoms with van der Waals surface area (Å²) >= 11 is 1.45. The highest BCUT2D eigenvalue weighted by molar-refractivity contribution is 7.12. The number of benzene rings is 1. The van der Waals surface area contributed by atoms with Crippen LogP contribution in [0.25, 0.3) is 10.9 Å². The van der Waals surface area contributed by atoms with Gasteiger partial charge in [0.15, 0.2) is 11.9 Å². The number of nitrogens with one attached hydrogen (secondary N) is 2. The summed E-state index contributed by atoms with van der Waals surface area (Å²) in [7, 11) is 7.71. The van der Waals surface area contributed by atoms with E-state index in [2.05, 4.69) is 51.1 Å². The molecule has 1 aromatic carbocycles. The molecule has 1 amide bonds. The van der Waals surface area contributed by atoms with E-state index in [-0.39, 0.29) is 5.91 Å². The number of para-hydroxylation sites is 1. The Hall–Kier alpha value is -3.53. The highest BCUT2D eigenvalue weighted by Gasteiger charge is 2.57. The van der Waals surface area contributed by atoms with Crippen molar-refractivity contribution >= 4 is 40.1 Å². The van der Waals surface area contributed by atoms with Gasteiger partial charge < -0.3 is 15.5 Å². The second-order valence-corrected chi connectivity index (χ2v) is 10.5. The average Bonchev–Trinajstić information content (AvgIpc) is 3.65. The second-order valence-electron chi connectivity index (χ2n) is 9.54. The van der Waals surface area contributed by atoms with Crippen molar-refractivity contribution in [3.05, 3.63) is 82.8 Å². The number of carbonyl (C=O) groups is 2. The number of anilines is 1. The third kappa shape index (κ3) is 7.81. The Morgan fingerprint density at radius 2 is 1.78 bits per heavy atom. The molecule has 2 aromatic heterocycles. The number of fused-ring (bicyclic) bond motifs is 1. The lowest BCUT2D eigenvalue weighted by Crippen LogP contribution is -2.56. The summed E-state index contributed by atoms with van der Waals surface area (Å²) in [6.07, 6.45) is 7.81. The first kappa shape index (κ1) is 33.7. The summed E-state index contributed by atoms with van der Waals surface area (Å²) in [5, 5.41) is 9.24.